The number of benzene rings is 3. The second-order valence-corrected chi connectivity index (χ2v) is 9.44. The molecular weight excluding hydrogens is 478 g/mol. The zero-order chi connectivity index (χ0) is 27.2. The number of carbonyl (C=O) groups is 2. The zero-order valence-electron chi connectivity index (χ0n) is 21.7. The maximum Gasteiger partial charge on any atom is 0.255 e. The first-order chi connectivity index (χ1) is 18.2. The van der Waals surface area contributed by atoms with E-state index in [1.807, 2.05) is 51.2 Å². The smallest absolute Gasteiger partial charge is 0.255 e. The molecule has 194 valence electrons. The molecule has 0 fully saturated rings. The van der Waals surface area contributed by atoms with Gasteiger partial charge in [-0.25, -0.2) is 0 Å². The summed E-state index contributed by atoms with van der Waals surface area (Å²) in [5, 5.41) is 14.1. The quantitative estimate of drug-likeness (QED) is 0.268. The van der Waals surface area contributed by atoms with E-state index in [-0.39, 0.29) is 18.6 Å². The second-order valence-electron chi connectivity index (χ2n) is 9.44. The number of aliphatic hydroxyl groups is 1. The molecule has 0 aliphatic heterocycles. The first-order valence-corrected chi connectivity index (χ1v) is 12.4. The van der Waals surface area contributed by atoms with E-state index < -0.39 is 11.9 Å². The minimum Gasteiger partial charge on any atom is -0.490 e. The van der Waals surface area contributed by atoms with E-state index in [2.05, 4.69) is 22.1 Å². The lowest BCUT2D eigenvalue weighted by Gasteiger charge is -2.19. The van der Waals surface area contributed by atoms with Gasteiger partial charge < -0.3 is 25.9 Å². The molecule has 4 rings (SSSR count). The Morgan fingerprint density at radius 2 is 1.87 bits per heavy atom. The Hall–Kier alpha value is -4.54. The zero-order valence-corrected chi connectivity index (χ0v) is 21.7. The van der Waals surface area contributed by atoms with Crippen molar-refractivity contribution in [1.29, 1.82) is 0 Å². The van der Waals surface area contributed by atoms with Crippen LogP contribution in [0.4, 0.5) is 0 Å². The minimum absolute atomic E-state index is 0.134. The molecule has 0 saturated heterocycles. The highest BCUT2D eigenvalue weighted by atomic mass is 16.5. The van der Waals surface area contributed by atoms with Gasteiger partial charge in [0.1, 0.15) is 5.75 Å². The van der Waals surface area contributed by atoms with E-state index in [9.17, 15) is 14.7 Å². The molecule has 3 aromatic carbocycles. The van der Waals surface area contributed by atoms with E-state index in [1.165, 1.54) is 0 Å². The number of primary amides is 1. The number of fused-ring (bicyclic) bond motifs is 1. The molecule has 0 aliphatic rings. The lowest BCUT2D eigenvalue weighted by atomic mass is 10.0. The van der Waals surface area contributed by atoms with Crippen LogP contribution in [0.5, 0.6) is 5.75 Å². The molecule has 38 heavy (non-hydrogen) atoms. The third-order valence-electron chi connectivity index (χ3n) is 6.14. The molecule has 0 unspecified atom stereocenters. The Balaban J connectivity index is 1.59. The number of ether oxygens (including phenoxy) is 1. The number of para-hydroxylation sites is 1. The molecule has 2 amide bonds. The highest BCUT2D eigenvalue weighted by molar-refractivity contribution is 5.97. The van der Waals surface area contributed by atoms with Crippen molar-refractivity contribution in [3.63, 3.8) is 0 Å². The predicted octanol–water partition coefficient (Wildman–Crippen LogP) is 4.10. The summed E-state index contributed by atoms with van der Waals surface area (Å²) in [5.74, 6) is 5.79. The number of amides is 2. The predicted molar refractivity (Wildman–Crippen MR) is 148 cm³/mol. The largest absolute Gasteiger partial charge is 0.490 e. The third kappa shape index (κ3) is 6.23. The number of aryl methyl sites for hydroxylation is 1. The summed E-state index contributed by atoms with van der Waals surface area (Å²) in [6.07, 6.45) is 2.23. The molecule has 0 radical (unpaired) electrons. The molecule has 0 bridgehead atoms. The van der Waals surface area contributed by atoms with Crippen LogP contribution < -0.4 is 15.8 Å². The van der Waals surface area contributed by atoms with Crippen molar-refractivity contribution < 1.29 is 19.4 Å². The number of aliphatic hydroxyl groups excluding tert-OH is 1. The first kappa shape index (κ1) is 26.5. The van der Waals surface area contributed by atoms with Gasteiger partial charge in [0.25, 0.3) is 5.91 Å². The van der Waals surface area contributed by atoms with Gasteiger partial charge in [-0.1, -0.05) is 30.0 Å². The molecule has 5 N–H and O–H groups in total. The number of nitrogens with two attached hydrogens (primary N) is 1. The van der Waals surface area contributed by atoms with Crippen molar-refractivity contribution in [3.8, 4) is 17.6 Å². The molecule has 1 aromatic heterocycles. The molecule has 1 atom stereocenters. The van der Waals surface area contributed by atoms with Crippen LogP contribution in [0.1, 0.15) is 56.8 Å². The summed E-state index contributed by atoms with van der Waals surface area (Å²) >= 11 is 0. The highest BCUT2D eigenvalue weighted by Gasteiger charge is 2.19. The Morgan fingerprint density at radius 1 is 1.08 bits per heavy atom. The fraction of sp³-hybridized carbons (Fsp3) is 0.226. The number of hydrogen-bond acceptors (Lipinski definition) is 4. The number of H-pyrrole nitrogens is 1. The fourth-order valence-electron chi connectivity index (χ4n) is 4.23. The summed E-state index contributed by atoms with van der Waals surface area (Å²) in [7, 11) is 0. The molecule has 4 aromatic rings. The number of hydrogen-bond donors (Lipinski definition) is 4. The van der Waals surface area contributed by atoms with Crippen LogP contribution in [-0.4, -0.2) is 40.7 Å². The van der Waals surface area contributed by atoms with E-state index in [1.54, 1.807) is 36.4 Å². The summed E-state index contributed by atoms with van der Waals surface area (Å²) in [6.45, 7) is 5.42. The van der Waals surface area contributed by atoms with Crippen molar-refractivity contribution in [1.82, 2.24) is 10.3 Å². The molecule has 0 spiro atoms. The summed E-state index contributed by atoms with van der Waals surface area (Å²) < 4.78 is 5.90. The average Bonchev–Trinajstić information content (AvgIpc) is 3.30. The molecule has 7 nitrogen and oxygen atoms in total. The fourth-order valence-corrected chi connectivity index (χ4v) is 4.23. The normalized spacial score (nSPS) is 11.6. The Bertz CT molecular complexity index is 1540. The standard InChI is InChI=1S/C31H31N3O4/c1-19(2)38-29-13-9-21(8-10-22-11-12-23(30(32)36)14-20(22)3)15-27(29)31(37)34-25(18-35)16-24-17-33-28-7-5-4-6-26(24)28/h4-7,9,11-15,17,19,25,33,35H,16,18H2,1-3H3,(H2,32,36)(H,34,37)/t25-/m1/s1. The third-order valence-corrected chi connectivity index (χ3v) is 6.14. The van der Waals surface area contributed by atoms with Crippen LogP contribution in [0.15, 0.2) is 66.9 Å². The van der Waals surface area contributed by atoms with E-state index in [4.69, 9.17) is 10.5 Å². The SMILES string of the molecule is Cc1cc(C(N)=O)ccc1C#Cc1ccc(OC(C)C)c(C(=O)N[C@@H](CO)Cc2c[nH]c3ccccc23)c1. The number of nitrogens with one attached hydrogen (secondary N) is 2. The Labute approximate surface area is 222 Å². The van der Waals surface area contributed by atoms with Gasteiger partial charge in [0, 0.05) is 33.8 Å². The minimum atomic E-state index is -0.491. The topological polar surface area (TPSA) is 117 Å². The van der Waals surface area contributed by atoms with Crippen LogP contribution in [0, 0.1) is 18.8 Å². The van der Waals surface area contributed by atoms with Crippen molar-refractivity contribution in [2.45, 2.75) is 39.3 Å². The van der Waals surface area contributed by atoms with E-state index in [0.29, 0.717) is 28.9 Å². The van der Waals surface area contributed by atoms with Gasteiger partial charge in [-0.3, -0.25) is 9.59 Å². The van der Waals surface area contributed by atoms with Crippen LogP contribution in [-0.2, 0) is 6.42 Å². The van der Waals surface area contributed by atoms with Crippen molar-refractivity contribution in [3.05, 3.63) is 100 Å². The monoisotopic (exact) mass is 509 g/mol. The lowest BCUT2D eigenvalue weighted by Crippen LogP contribution is -2.39. The van der Waals surface area contributed by atoms with Crippen LogP contribution in [0.3, 0.4) is 0 Å². The van der Waals surface area contributed by atoms with Gasteiger partial charge in [-0.05, 0) is 80.8 Å². The molecule has 1 heterocycles. The number of carbonyl (C=O) groups excluding carboxylic acids is 2. The maximum absolute atomic E-state index is 13.4. The van der Waals surface area contributed by atoms with Gasteiger partial charge in [0.05, 0.1) is 24.3 Å². The van der Waals surface area contributed by atoms with Crippen LogP contribution in [0.2, 0.25) is 0 Å². The van der Waals surface area contributed by atoms with Gasteiger partial charge in [-0.2, -0.15) is 0 Å². The van der Waals surface area contributed by atoms with Crippen LogP contribution in [0.25, 0.3) is 10.9 Å². The van der Waals surface area contributed by atoms with Gasteiger partial charge in [0.2, 0.25) is 5.91 Å². The Kier molecular flexibility index (Phi) is 8.15. The summed E-state index contributed by atoms with van der Waals surface area (Å²) in [5.41, 5.74) is 10.3. The van der Waals surface area contributed by atoms with Gasteiger partial charge in [0.15, 0.2) is 0 Å². The number of aromatic nitrogens is 1. The van der Waals surface area contributed by atoms with E-state index in [0.717, 1.165) is 27.6 Å². The molecule has 0 aliphatic carbocycles. The van der Waals surface area contributed by atoms with Crippen molar-refractivity contribution in [2.24, 2.45) is 5.73 Å². The molecule has 7 heteroatoms. The molecule has 0 saturated carbocycles. The lowest BCUT2D eigenvalue weighted by molar-refractivity contribution is 0.0910. The van der Waals surface area contributed by atoms with Crippen LogP contribution >= 0.6 is 0 Å². The summed E-state index contributed by atoms with van der Waals surface area (Å²) in [6, 6.07) is 17.7. The van der Waals surface area contributed by atoms with Gasteiger partial charge >= 0.3 is 0 Å². The van der Waals surface area contributed by atoms with Gasteiger partial charge in [-0.15, -0.1) is 0 Å². The summed E-state index contributed by atoms with van der Waals surface area (Å²) in [4.78, 5) is 28.0. The van der Waals surface area contributed by atoms with Crippen molar-refractivity contribution in [2.75, 3.05) is 6.61 Å². The van der Waals surface area contributed by atoms with Crippen molar-refractivity contribution >= 4 is 22.7 Å². The van der Waals surface area contributed by atoms with E-state index >= 15 is 0 Å². The Morgan fingerprint density at radius 3 is 2.58 bits per heavy atom. The number of rotatable bonds is 8. The second kappa shape index (κ2) is 11.7. The number of aromatic amines is 1. The molecular formula is C31H31N3O4. The highest BCUT2D eigenvalue weighted by Crippen LogP contribution is 2.23. The first-order valence-electron chi connectivity index (χ1n) is 12.4. The maximum atomic E-state index is 13.4. The average molecular weight is 510 g/mol.